The smallest absolute Gasteiger partial charge is 0.310 e. The van der Waals surface area contributed by atoms with Crippen molar-refractivity contribution in [1.82, 2.24) is 4.98 Å². The number of nitrogens with two attached hydrogens (primary N) is 1. The van der Waals surface area contributed by atoms with E-state index in [1.54, 1.807) is 0 Å². The molecule has 0 bridgehead atoms. The molecule has 0 atom stereocenters. The van der Waals surface area contributed by atoms with Crippen LogP contribution in [0.5, 0.6) is 0 Å². The summed E-state index contributed by atoms with van der Waals surface area (Å²) in [5, 5.41) is 0. The Labute approximate surface area is 89.2 Å². The van der Waals surface area contributed by atoms with Gasteiger partial charge in [-0.15, -0.1) is 0 Å². The van der Waals surface area contributed by atoms with Crippen LogP contribution >= 0.6 is 0 Å². The maximum atomic E-state index is 12.6. The monoisotopic (exact) mass is 232 g/mol. The average molecular weight is 232 g/mol. The summed E-state index contributed by atoms with van der Waals surface area (Å²) in [6.45, 7) is 0. The van der Waals surface area contributed by atoms with Crippen LogP contribution in [0.1, 0.15) is 17.6 Å². The molecule has 3 N–H and O–H groups in total. The maximum Gasteiger partial charge on any atom is 0.310 e. The van der Waals surface area contributed by atoms with E-state index in [2.05, 4.69) is 9.72 Å². The molecule has 1 rings (SSSR count). The van der Waals surface area contributed by atoms with E-state index in [0.717, 1.165) is 13.3 Å². The normalized spacial score (nSPS) is 10.5. The van der Waals surface area contributed by atoms with Crippen LogP contribution in [-0.2, 0) is 16.0 Å². The fourth-order valence-corrected chi connectivity index (χ4v) is 1.25. The Balaban J connectivity index is 3.29. The number of aromatic amines is 1. The number of nitrogens with one attached hydrogen (secondary N) is 1. The molecule has 0 unspecified atom stereocenters. The van der Waals surface area contributed by atoms with Crippen LogP contribution < -0.4 is 11.3 Å². The zero-order valence-electron chi connectivity index (χ0n) is 8.42. The fraction of sp³-hybridized carbons (Fsp3) is 0.333. The number of alkyl halides is 2. The van der Waals surface area contributed by atoms with Crippen LogP contribution in [0.15, 0.2) is 11.0 Å². The lowest BCUT2D eigenvalue weighted by Gasteiger charge is -2.09. The van der Waals surface area contributed by atoms with Crippen molar-refractivity contribution in [3.63, 3.8) is 0 Å². The molecule has 0 amide bonds. The number of rotatable bonds is 3. The van der Waals surface area contributed by atoms with Crippen molar-refractivity contribution in [3.8, 4) is 0 Å². The summed E-state index contributed by atoms with van der Waals surface area (Å²) < 4.78 is 29.5. The molecule has 0 spiro atoms. The van der Waals surface area contributed by atoms with Crippen molar-refractivity contribution in [2.45, 2.75) is 12.8 Å². The van der Waals surface area contributed by atoms with Crippen molar-refractivity contribution in [2.75, 3.05) is 12.8 Å². The van der Waals surface area contributed by atoms with Gasteiger partial charge in [-0.1, -0.05) is 0 Å². The highest BCUT2D eigenvalue weighted by Gasteiger charge is 2.21. The predicted molar refractivity (Wildman–Crippen MR) is 52.2 cm³/mol. The van der Waals surface area contributed by atoms with E-state index < -0.39 is 29.9 Å². The van der Waals surface area contributed by atoms with Gasteiger partial charge in [0, 0.05) is 11.8 Å². The Morgan fingerprint density at radius 2 is 2.25 bits per heavy atom. The molecule has 0 aromatic carbocycles. The van der Waals surface area contributed by atoms with Gasteiger partial charge in [-0.25, -0.2) is 8.78 Å². The summed E-state index contributed by atoms with van der Waals surface area (Å²) in [5.41, 5.74) is 3.42. The van der Waals surface area contributed by atoms with Crippen molar-refractivity contribution in [1.29, 1.82) is 0 Å². The van der Waals surface area contributed by atoms with E-state index in [4.69, 9.17) is 5.73 Å². The summed E-state index contributed by atoms with van der Waals surface area (Å²) in [5.74, 6) is -0.737. The summed E-state index contributed by atoms with van der Waals surface area (Å²) in [4.78, 5) is 24.2. The zero-order valence-corrected chi connectivity index (χ0v) is 8.42. The van der Waals surface area contributed by atoms with E-state index in [1.165, 1.54) is 0 Å². The molecule has 0 saturated carbocycles. The number of ether oxygens (including phenoxy) is 1. The van der Waals surface area contributed by atoms with Crippen LogP contribution in [-0.4, -0.2) is 18.1 Å². The Morgan fingerprint density at radius 3 is 2.75 bits per heavy atom. The number of carbonyl (C=O) groups is 1. The summed E-state index contributed by atoms with van der Waals surface area (Å²) in [6.07, 6.45) is -2.37. The van der Waals surface area contributed by atoms with Crippen LogP contribution in [0.25, 0.3) is 0 Å². The minimum absolute atomic E-state index is 0.0692. The second kappa shape index (κ2) is 4.73. The molecule has 0 fully saturated rings. The first-order valence-corrected chi connectivity index (χ1v) is 4.32. The molecule has 0 aliphatic rings. The first-order chi connectivity index (χ1) is 7.47. The summed E-state index contributed by atoms with van der Waals surface area (Å²) in [6, 6.07) is 0. The van der Waals surface area contributed by atoms with Crippen LogP contribution in [0.4, 0.5) is 14.5 Å². The number of halogens is 2. The quantitative estimate of drug-likeness (QED) is 0.747. The molecule has 16 heavy (non-hydrogen) atoms. The van der Waals surface area contributed by atoms with Gasteiger partial charge in [0.05, 0.1) is 24.8 Å². The van der Waals surface area contributed by atoms with E-state index in [0.29, 0.717) is 0 Å². The van der Waals surface area contributed by atoms with Gasteiger partial charge in [-0.3, -0.25) is 9.59 Å². The van der Waals surface area contributed by atoms with Gasteiger partial charge in [0.15, 0.2) is 0 Å². The van der Waals surface area contributed by atoms with Crippen molar-refractivity contribution in [3.05, 3.63) is 27.7 Å². The molecule has 88 valence electrons. The van der Waals surface area contributed by atoms with E-state index in [1.807, 2.05) is 0 Å². The molecular weight excluding hydrogens is 222 g/mol. The number of anilines is 1. The van der Waals surface area contributed by atoms with Crippen molar-refractivity contribution < 1.29 is 18.3 Å². The highest BCUT2D eigenvalue weighted by molar-refractivity contribution is 5.75. The maximum absolute atomic E-state index is 12.6. The molecule has 5 nitrogen and oxygen atoms in total. The Hall–Kier alpha value is -1.92. The lowest BCUT2D eigenvalue weighted by Crippen LogP contribution is -2.20. The van der Waals surface area contributed by atoms with Gasteiger partial charge in [0.25, 0.3) is 12.0 Å². The van der Waals surface area contributed by atoms with Crippen LogP contribution in [0, 0.1) is 0 Å². The number of hydrogen-bond donors (Lipinski definition) is 2. The third-order valence-corrected chi connectivity index (χ3v) is 2.04. The topological polar surface area (TPSA) is 85.2 Å². The Bertz CT molecular complexity index is 457. The Morgan fingerprint density at radius 1 is 1.62 bits per heavy atom. The predicted octanol–water partition coefficient (Wildman–Crippen LogP) is 0.610. The molecule has 0 saturated heterocycles. The van der Waals surface area contributed by atoms with Gasteiger partial charge >= 0.3 is 5.97 Å². The third-order valence-electron chi connectivity index (χ3n) is 2.04. The molecular formula is C9H10F2N2O3. The summed E-state index contributed by atoms with van der Waals surface area (Å²) in [7, 11) is 1.12. The van der Waals surface area contributed by atoms with E-state index in [-0.39, 0.29) is 11.3 Å². The highest BCUT2D eigenvalue weighted by Crippen LogP contribution is 2.23. The van der Waals surface area contributed by atoms with Crippen molar-refractivity contribution >= 4 is 11.7 Å². The minimum atomic E-state index is -2.99. The highest BCUT2D eigenvalue weighted by atomic mass is 19.3. The zero-order chi connectivity index (χ0) is 12.3. The van der Waals surface area contributed by atoms with Gasteiger partial charge in [0.2, 0.25) is 0 Å². The average Bonchev–Trinajstić information content (AvgIpc) is 2.22. The fourth-order valence-electron chi connectivity index (χ4n) is 1.25. The molecule has 0 aliphatic carbocycles. The first-order valence-electron chi connectivity index (χ1n) is 4.32. The molecule has 1 heterocycles. The number of hydrogen-bond acceptors (Lipinski definition) is 4. The molecule has 0 radical (unpaired) electrons. The second-order valence-electron chi connectivity index (χ2n) is 3.02. The van der Waals surface area contributed by atoms with Gasteiger partial charge < -0.3 is 15.5 Å². The lowest BCUT2D eigenvalue weighted by atomic mass is 10.1. The van der Waals surface area contributed by atoms with Crippen molar-refractivity contribution in [2.24, 2.45) is 0 Å². The third kappa shape index (κ3) is 2.36. The molecule has 1 aromatic rings. The Kier molecular flexibility index (Phi) is 3.60. The number of methoxy groups -OCH3 is 1. The van der Waals surface area contributed by atoms with Gasteiger partial charge in [-0.2, -0.15) is 0 Å². The number of aromatic nitrogens is 1. The van der Waals surface area contributed by atoms with Gasteiger partial charge in [0.1, 0.15) is 0 Å². The SMILES string of the molecule is COC(=O)Cc1c(N)c[nH]c(=O)c1C(F)F. The largest absolute Gasteiger partial charge is 0.469 e. The number of carbonyl (C=O) groups excluding carboxylic acids is 1. The number of H-pyrrole nitrogens is 1. The second-order valence-corrected chi connectivity index (χ2v) is 3.02. The van der Waals surface area contributed by atoms with E-state index in [9.17, 15) is 18.4 Å². The van der Waals surface area contributed by atoms with Crippen LogP contribution in [0.3, 0.4) is 0 Å². The molecule has 0 aliphatic heterocycles. The summed E-state index contributed by atoms with van der Waals surface area (Å²) >= 11 is 0. The number of esters is 1. The molecule has 7 heteroatoms. The number of pyridine rings is 1. The number of nitrogen functional groups attached to an aromatic ring is 1. The van der Waals surface area contributed by atoms with Gasteiger partial charge in [-0.05, 0) is 0 Å². The van der Waals surface area contributed by atoms with Crippen LogP contribution in [0.2, 0.25) is 0 Å². The minimum Gasteiger partial charge on any atom is -0.469 e. The standard InChI is InChI=1S/C9H10F2N2O3/c1-16-6(14)2-4-5(12)3-13-9(15)7(4)8(10)11/h3,8H,2,12H2,1H3,(H,13,15). The first kappa shape index (κ1) is 12.2. The lowest BCUT2D eigenvalue weighted by molar-refractivity contribution is -0.139. The van der Waals surface area contributed by atoms with E-state index >= 15 is 0 Å². The molecule has 1 aromatic heterocycles.